The summed E-state index contributed by atoms with van der Waals surface area (Å²) in [6.07, 6.45) is -1.17. The summed E-state index contributed by atoms with van der Waals surface area (Å²) in [6.45, 7) is 0.989. The first-order valence-corrected chi connectivity index (χ1v) is 17.2. The number of amides is 5. The quantitative estimate of drug-likeness (QED) is 0.125. The number of rotatable bonds is 12. The van der Waals surface area contributed by atoms with Crippen LogP contribution in [0.3, 0.4) is 0 Å². The zero-order chi connectivity index (χ0) is 35.9. The molecule has 5 amide bonds. The van der Waals surface area contributed by atoms with E-state index in [1.165, 1.54) is 21.2 Å². The van der Waals surface area contributed by atoms with Crippen molar-refractivity contribution in [1.29, 1.82) is 5.26 Å². The lowest BCUT2D eigenvalue weighted by Gasteiger charge is -2.46. The zero-order valence-electron chi connectivity index (χ0n) is 27.9. The third-order valence-corrected chi connectivity index (χ3v) is 9.56. The fourth-order valence-electron chi connectivity index (χ4n) is 6.31. The molecule has 51 heavy (non-hydrogen) atoms. The number of para-hydroxylation sites is 1. The predicted molar refractivity (Wildman–Crippen MR) is 190 cm³/mol. The molecule has 2 aliphatic rings. The van der Waals surface area contributed by atoms with Crippen LogP contribution in [-0.4, -0.2) is 101 Å². The summed E-state index contributed by atoms with van der Waals surface area (Å²) in [6, 6.07) is 22.4. The number of piperazine rings is 1. The van der Waals surface area contributed by atoms with Crippen molar-refractivity contribution in [2.75, 3.05) is 45.5 Å². The van der Waals surface area contributed by atoms with E-state index in [0.29, 0.717) is 29.5 Å². The Bertz CT molecular complexity index is 1930. The van der Waals surface area contributed by atoms with Crippen LogP contribution in [0.25, 0.3) is 10.2 Å². The van der Waals surface area contributed by atoms with Crippen molar-refractivity contribution < 1.29 is 23.9 Å². The number of urea groups is 1. The lowest BCUT2D eigenvalue weighted by molar-refractivity contribution is -0.157. The molecule has 0 unspecified atom stereocenters. The maximum absolute atomic E-state index is 14.3. The fraction of sp³-hybridized carbons (Fsp3) is 0.314. The maximum atomic E-state index is 14.3. The Morgan fingerprint density at radius 1 is 1.04 bits per heavy atom. The second kappa shape index (κ2) is 15.9. The van der Waals surface area contributed by atoms with Crippen molar-refractivity contribution in [3.8, 4) is 11.8 Å². The molecule has 0 bridgehead atoms. The zero-order valence-corrected chi connectivity index (χ0v) is 28.8. The van der Waals surface area contributed by atoms with E-state index in [0.717, 1.165) is 21.4 Å². The Labute approximate surface area is 298 Å². The molecule has 3 heterocycles. The number of nitrogen functional groups attached to an aromatic ring is 1. The van der Waals surface area contributed by atoms with Crippen LogP contribution < -0.4 is 26.4 Å². The molecule has 0 aliphatic carbocycles. The molecule has 3 aromatic carbocycles. The Hall–Kier alpha value is -5.76. The van der Waals surface area contributed by atoms with Crippen molar-refractivity contribution in [3.63, 3.8) is 0 Å². The number of ether oxygens (including phenoxy) is 1. The molecule has 2 aliphatic heterocycles. The Morgan fingerprint density at radius 2 is 1.82 bits per heavy atom. The third-order valence-electron chi connectivity index (χ3n) is 8.71. The van der Waals surface area contributed by atoms with Crippen LogP contribution in [0.2, 0.25) is 0 Å². The lowest BCUT2D eigenvalue weighted by atomic mass is 9.99. The Kier molecular flexibility index (Phi) is 10.9. The van der Waals surface area contributed by atoms with Gasteiger partial charge in [0.15, 0.2) is 5.13 Å². The van der Waals surface area contributed by atoms with Crippen LogP contribution in [-0.2, 0) is 29.1 Å². The molecule has 0 radical (unpaired) electrons. The molecule has 4 aromatic rings. The SMILES string of the molecule is CNCCNC(=O)Oc1ccc(C[C@H]2C(=O)N(Cc3cccc4sc(N)nc34)C[C@H]3N2C(=O)CN3N(CC#N)C(=O)NCc2ccccc2)cc1. The molecule has 15 nitrogen and oxygen atoms in total. The molecule has 2 atom stereocenters. The number of likely N-dealkylation sites (N-methyl/N-ethyl adjacent to an activating group) is 1. The largest absolute Gasteiger partial charge is 0.412 e. The highest BCUT2D eigenvalue weighted by Crippen LogP contribution is 2.32. The summed E-state index contributed by atoms with van der Waals surface area (Å²) < 4.78 is 6.25. The van der Waals surface area contributed by atoms with Crippen molar-refractivity contribution in [1.82, 2.24) is 40.8 Å². The third kappa shape index (κ3) is 8.01. The summed E-state index contributed by atoms with van der Waals surface area (Å²) in [5, 5.41) is 21.4. The molecule has 2 saturated heterocycles. The normalized spacial score (nSPS) is 17.3. The van der Waals surface area contributed by atoms with Gasteiger partial charge in [0, 0.05) is 32.6 Å². The van der Waals surface area contributed by atoms with Gasteiger partial charge in [0.25, 0.3) is 0 Å². The average Bonchev–Trinajstić information content (AvgIpc) is 3.67. The van der Waals surface area contributed by atoms with E-state index >= 15 is 0 Å². The maximum Gasteiger partial charge on any atom is 0.412 e. The number of aromatic nitrogens is 1. The van der Waals surface area contributed by atoms with Crippen LogP contribution in [0.1, 0.15) is 16.7 Å². The van der Waals surface area contributed by atoms with Gasteiger partial charge in [-0.2, -0.15) is 10.3 Å². The minimum atomic E-state index is -0.922. The van der Waals surface area contributed by atoms with Crippen LogP contribution in [0.15, 0.2) is 72.8 Å². The number of nitrogens with two attached hydrogens (primary N) is 1. The van der Waals surface area contributed by atoms with Gasteiger partial charge in [-0.1, -0.05) is 65.9 Å². The summed E-state index contributed by atoms with van der Waals surface area (Å²) in [5.41, 5.74) is 9.11. The van der Waals surface area contributed by atoms with Gasteiger partial charge in [-0.25, -0.2) is 19.6 Å². The standard InChI is InChI=1S/C35H38N10O5S/c1-38-15-16-39-35(49)50-26-12-10-23(11-13-26)18-27-32(47)42(20-25-8-5-9-28-31(25)41-33(37)51-28)21-29-44(22-30(46)45(27)29)43(17-14-36)34(48)40-19-24-6-3-2-4-7-24/h2-13,27,29,38H,15-22H2,1H3,(H2,37,41)(H,39,49)(H,40,48)/t27-,29+/m0/s1. The number of anilines is 1. The molecule has 5 N–H and O–H groups in total. The lowest BCUT2D eigenvalue weighted by Crippen LogP contribution is -2.66. The molecular formula is C35H38N10O5S. The first-order valence-electron chi connectivity index (χ1n) is 16.4. The Balaban J connectivity index is 1.27. The summed E-state index contributed by atoms with van der Waals surface area (Å²) >= 11 is 1.35. The van der Waals surface area contributed by atoms with Crippen molar-refractivity contribution in [3.05, 3.63) is 89.5 Å². The summed E-state index contributed by atoms with van der Waals surface area (Å²) in [4.78, 5) is 61.5. The number of hydrazine groups is 1. The molecule has 1 aromatic heterocycles. The number of fused-ring (bicyclic) bond motifs is 2. The predicted octanol–water partition coefficient (Wildman–Crippen LogP) is 2.26. The number of nitriles is 1. The molecule has 0 saturated carbocycles. The van der Waals surface area contributed by atoms with E-state index in [9.17, 15) is 24.4 Å². The number of hydrogen-bond acceptors (Lipinski definition) is 11. The van der Waals surface area contributed by atoms with E-state index < -0.39 is 24.3 Å². The summed E-state index contributed by atoms with van der Waals surface area (Å²) in [5.74, 6) is -0.293. The number of thiazole rings is 1. The van der Waals surface area contributed by atoms with Crippen molar-refractivity contribution >= 4 is 50.6 Å². The van der Waals surface area contributed by atoms with E-state index in [4.69, 9.17) is 10.5 Å². The highest BCUT2D eigenvalue weighted by atomic mass is 32.1. The monoisotopic (exact) mass is 710 g/mol. The first-order chi connectivity index (χ1) is 24.7. The fourth-order valence-corrected chi connectivity index (χ4v) is 7.09. The van der Waals surface area contributed by atoms with Gasteiger partial charge in [-0.05, 0) is 41.9 Å². The molecule has 16 heteroatoms. The number of carbonyl (C=O) groups is 4. The van der Waals surface area contributed by atoms with E-state index in [1.807, 2.05) is 48.5 Å². The van der Waals surface area contributed by atoms with Crippen LogP contribution in [0.5, 0.6) is 5.75 Å². The average molecular weight is 711 g/mol. The number of nitrogens with zero attached hydrogens (tertiary/aromatic N) is 6. The second-order valence-electron chi connectivity index (χ2n) is 12.1. The number of carbonyl (C=O) groups excluding carboxylic acids is 4. The van der Waals surface area contributed by atoms with Crippen molar-refractivity contribution in [2.24, 2.45) is 0 Å². The minimum absolute atomic E-state index is 0.0837. The van der Waals surface area contributed by atoms with Gasteiger partial charge in [-0.15, -0.1) is 0 Å². The molecule has 6 rings (SSSR count). The smallest absolute Gasteiger partial charge is 0.410 e. The molecule has 0 spiro atoms. The van der Waals surface area contributed by atoms with Gasteiger partial charge in [0.05, 0.1) is 29.4 Å². The van der Waals surface area contributed by atoms with Crippen LogP contribution in [0.4, 0.5) is 14.7 Å². The van der Waals surface area contributed by atoms with Gasteiger partial charge < -0.3 is 36.2 Å². The van der Waals surface area contributed by atoms with E-state index in [2.05, 4.69) is 27.0 Å². The van der Waals surface area contributed by atoms with Crippen molar-refractivity contribution in [2.45, 2.75) is 31.7 Å². The van der Waals surface area contributed by atoms with Gasteiger partial charge in [0.1, 0.15) is 24.5 Å². The van der Waals surface area contributed by atoms with Gasteiger partial charge in [-0.3, -0.25) is 9.59 Å². The first kappa shape index (κ1) is 35.1. The van der Waals surface area contributed by atoms with E-state index in [-0.39, 0.29) is 51.0 Å². The molecule has 264 valence electrons. The second-order valence-corrected chi connectivity index (χ2v) is 13.1. The Morgan fingerprint density at radius 3 is 2.57 bits per heavy atom. The van der Waals surface area contributed by atoms with Gasteiger partial charge >= 0.3 is 12.1 Å². The van der Waals surface area contributed by atoms with Gasteiger partial charge in [0.2, 0.25) is 11.8 Å². The number of benzene rings is 3. The number of nitrogens with one attached hydrogen (secondary N) is 3. The van der Waals surface area contributed by atoms with E-state index in [1.54, 1.807) is 41.2 Å². The molecular weight excluding hydrogens is 673 g/mol. The molecule has 2 fully saturated rings. The van der Waals surface area contributed by atoms with Crippen LogP contribution >= 0.6 is 11.3 Å². The highest BCUT2D eigenvalue weighted by Gasteiger charge is 2.52. The van der Waals surface area contributed by atoms with Crippen LogP contribution in [0, 0.1) is 11.3 Å². The minimum Gasteiger partial charge on any atom is -0.410 e. The topological polar surface area (TPSA) is 189 Å². The summed E-state index contributed by atoms with van der Waals surface area (Å²) in [7, 11) is 1.78. The highest BCUT2D eigenvalue weighted by molar-refractivity contribution is 7.22. The number of hydrogen-bond donors (Lipinski definition) is 4.